The second-order valence-electron chi connectivity index (χ2n) is 4.28. The molecule has 1 aromatic carbocycles. The summed E-state index contributed by atoms with van der Waals surface area (Å²) >= 11 is 0. The third-order valence-electron chi connectivity index (χ3n) is 2.86. The summed E-state index contributed by atoms with van der Waals surface area (Å²) in [6.07, 6.45) is 0. The fourth-order valence-electron chi connectivity index (χ4n) is 1.70. The molecule has 0 aliphatic rings. The highest BCUT2D eigenvalue weighted by Crippen LogP contribution is 2.25. The summed E-state index contributed by atoms with van der Waals surface area (Å²) in [5, 5.41) is 3.78. The number of benzene rings is 1. The molecule has 21 heavy (non-hydrogen) atoms. The molecule has 0 saturated heterocycles. The number of hydrogen-bond donors (Lipinski definition) is 0. The molecule has 2 aromatic rings. The van der Waals surface area contributed by atoms with Gasteiger partial charge in [-0.3, -0.25) is 4.79 Å². The van der Waals surface area contributed by atoms with Gasteiger partial charge in [-0.25, -0.2) is 4.39 Å². The maximum Gasteiger partial charge on any atom is 0.318 e. The molecule has 0 bridgehead atoms. The Balaban J connectivity index is 2.25. The first-order valence-electron chi connectivity index (χ1n) is 6.41. The van der Waals surface area contributed by atoms with Crippen molar-refractivity contribution in [1.29, 1.82) is 0 Å². The lowest BCUT2D eigenvalue weighted by atomic mass is 10.2. The van der Waals surface area contributed by atoms with Crippen LogP contribution in [0.15, 0.2) is 22.7 Å². The number of aromatic nitrogens is 2. The Labute approximate surface area is 120 Å². The zero-order chi connectivity index (χ0) is 15.4. The highest BCUT2D eigenvalue weighted by molar-refractivity contribution is 5.76. The second-order valence-corrected chi connectivity index (χ2v) is 4.28. The van der Waals surface area contributed by atoms with Crippen LogP contribution in [0.2, 0.25) is 0 Å². The van der Waals surface area contributed by atoms with Crippen molar-refractivity contribution in [3.63, 3.8) is 0 Å². The maximum atomic E-state index is 13.4. The lowest BCUT2D eigenvalue weighted by Crippen LogP contribution is -2.13. The van der Waals surface area contributed by atoms with E-state index in [0.717, 1.165) is 0 Å². The Morgan fingerprint density at radius 2 is 2.24 bits per heavy atom. The molecule has 0 radical (unpaired) electrons. The van der Waals surface area contributed by atoms with E-state index in [1.54, 1.807) is 13.8 Å². The van der Waals surface area contributed by atoms with Crippen LogP contribution in [0.25, 0.3) is 11.4 Å². The fraction of sp³-hybridized carbons (Fsp3) is 0.357. The van der Waals surface area contributed by atoms with Crippen molar-refractivity contribution in [2.75, 3.05) is 13.7 Å². The van der Waals surface area contributed by atoms with E-state index in [4.69, 9.17) is 14.0 Å². The number of hydrogen-bond acceptors (Lipinski definition) is 6. The van der Waals surface area contributed by atoms with Gasteiger partial charge in [0, 0.05) is 5.56 Å². The Bertz CT molecular complexity index is 642. The van der Waals surface area contributed by atoms with Crippen molar-refractivity contribution in [2.24, 2.45) is 0 Å². The van der Waals surface area contributed by atoms with Gasteiger partial charge in [0.05, 0.1) is 13.7 Å². The zero-order valence-electron chi connectivity index (χ0n) is 11.9. The molecule has 112 valence electrons. The van der Waals surface area contributed by atoms with Crippen LogP contribution in [0, 0.1) is 5.82 Å². The number of nitrogens with zero attached hydrogens (tertiary/aromatic N) is 2. The van der Waals surface area contributed by atoms with Crippen molar-refractivity contribution in [2.45, 2.75) is 19.8 Å². The van der Waals surface area contributed by atoms with E-state index in [1.807, 2.05) is 0 Å². The summed E-state index contributed by atoms with van der Waals surface area (Å²) in [6, 6.07) is 4.21. The number of carbonyl (C=O) groups excluding carboxylic acids is 1. The third kappa shape index (κ3) is 3.18. The van der Waals surface area contributed by atoms with Gasteiger partial charge in [0.25, 0.3) is 0 Å². The molecular weight excluding hydrogens is 279 g/mol. The molecule has 0 fully saturated rings. The highest BCUT2D eigenvalue weighted by atomic mass is 19.1. The standard InChI is InChI=1S/C14H15FN2O4/c1-4-20-14(18)8(2)13-16-12(17-21-13)9-5-6-10(15)11(7-9)19-3/h5-8H,4H2,1-3H3. The topological polar surface area (TPSA) is 74.5 Å². The van der Waals surface area contributed by atoms with Crippen LogP contribution in [0.5, 0.6) is 5.75 Å². The molecule has 0 amide bonds. The first kappa shape index (κ1) is 15.0. The van der Waals surface area contributed by atoms with Crippen molar-refractivity contribution < 1.29 is 23.2 Å². The van der Waals surface area contributed by atoms with Gasteiger partial charge in [0.1, 0.15) is 5.92 Å². The lowest BCUT2D eigenvalue weighted by molar-refractivity contribution is -0.145. The predicted molar refractivity (Wildman–Crippen MR) is 71.3 cm³/mol. The van der Waals surface area contributed by atoms with Crippen LogP contribution in [0.1, 0.15) is 25.7 Å². The zero-order valence-corrected chi connectivity index (χ0v) is 11.9. The first-order chi connectivity index (χ1) is 10.1. The number of rotatable bonds is 5. The number of ether oxygens (including phenoxy) is 2. The van der Waals surface area contributed by atoms with Crippen molar-refractivity contribution in [3.8, 4) is 17.1 Å². The van der Waals surface area contributed by atoms with Gasteiger partial charge in [-0.05, 0) is 32.0 Å². The molecule has 6 nitrogen and oxygen atoms in total. The van der Waals surface area contributed by atoms with Crippen LogP contribution in [0.3, 0.4) is 0 Å². The van der Waals surface area contributed by atoms with Crippen LogP contribution in [0.4, 0.5) is 4.39 Å². The van der Waals surface area contributed by atoms with E-state index < -0.39 is 17.7 Å². The van der Waals surface area contributed by atoms with Crippen molar-refractivity contribution in [3.05, 3.63) is 29.9 Å². The van der Waals surface area contributed by atoms with Crippen LogP contribution >= 0.6 is 0 Å². The molecule has 7 heteroatoms. The first-order valence-corrected chi connectivity index (χ1v) is 6.41. The van der Waals surface area contributed by atoms with E-state index in [2.05, 4.69) is 10.1 Å². The molecule has 1 unspecified atom stereocenters. The number of halogens is 1. The minimum absolute atomic E-state index is 0.0808. The Kier molecular flexibility index (Phi) is 4.52. The van der Waals surface area contributed by atoms with Gasteiger partial charge in [0.2, 0.25) is 11.7 Å². The molecule has 0 aliphatic heterocycles. The number of esters is 1. The Morgan fingerprint density at radius 3 is 2.90 bits per heavy atom. The predicted octanol–water partition coefficient (Wildman–Crippen LogP) is 2.55. The van der Waals surface area contributed by atoms with E-state index in [1.165, 1.54) is 25.3 Å². The highest BCUT2D eigenvalue weighted by Gasteiger charge is 2.23. The molecule has 0 N–H and O–H groups in total. The molecular formula is C14H15FN2O4. The SMILES string of the molecule is CCOC(=O)C(C)c1nc(-c2ccc(F)c(OC)c2)no1. The average Bonchev–Trinajstić information content (AvgIpc) is 2.97. The smallest absolute Gasteiger partial charge is 0.318 e. The van der Waals surface area contributed by atoms with Gasteiger partial charge in [-0.15, -0.1) is 0 Å². The number of methoxy groups -OCH3 is 1. The molecule has 0 spiro atoms. The fourth-order valence-corrected chi connectivity index (χ4v) is 1.70. The normalized spacial score (nSPS) is 12.0. The molecule has 2 rings (SSSR count). The van der Waals surface area contributed by atoms with Gasteiger partial charge in [-0.1, -0.05) is 5.16 Å². The molecule has 0 aliphatic carbocycles. The summed E-state index contributed by atoms with van der Waals surface area (Å²) < 4.78 is 28.2. The van der Waals surface area contributed by atoms with Gasteiger partial charge < -0.3 is 14.0 Å². The summed E-state index contributed by atoms with van der Waals surface area (Å²) in [6.45, 7) is 3.61. The molecule has 1 aromatic heterocycles. The van der Waals surface area contributed by atoms with E-state index in [-0.39, 0.29) is 24.1 Å². The van der Waals surface area contributed by atoms with Crippen LogP contribution < -0.4 is 4.74 Å². The minimum Gasteiger partial charge on any atom is -0.494 e. The summed E-state index contributed by atoms with van der Waals surface area (Å²) in [5.74, 6) is -1.11. The second kappa shape index (κ2) is 6.34. The summed E-state index contributed by atoms with van der Waals surface area (Å²) in [4.78, 5) is 15.7. The van der Waals surface area contributed by atoms with Gasteiger partial charge in [-0.2, -0.15) is 4.98 Å². The maximum absolute atomic E-state index is 13.4. The number of carbonyl (C=O) groups is 1. The van der Waals surface area contributed by atoms with E-state index in [0.29, 0.717) is 5.56 Å². The molecule has 1 heterocycles. The largest absolute Gasteiger partial charge is 0.494 e. The molecule has 1 atom stereocenters. The van der Waals surface area contributed by atoms with E-state index in [9.17, 15) is 9.18 Å². The van der Waals surface area contributed by atoms with Gasteiger partial charge >= 0.3 is 5.97 Å². The van der Waals surface area contributed by atoms with Gasteiger partial charge in [0.15, 0.2) is 11.6 Å². The lowest BCUT2D eigenvalue weighted by Gasteiger charge is -2.04. The third-order valence-corrected chi connectivity index (χ3v) is 2.86. The van der Waals surface area contributed by atoms with Crippen molar-refractivity contribution in [1.82, 2.24) is 10.1 Å². The summed E-state index contributed by atoms with van der Waals surface area (Å²) in [7, 11) is 1.37. The monoisotopic (exact) mass is 294 g/mol. The average molecular weight is 294 g/mol. The molecule has 0 saturated carbocycles. The van der Waals surface area contributed by atoms with Crippen LogP contribution in [-0.2, 0) is 9.53 Å². The minimum atomic E-state index is -0.659. The Morgan fingerprint density at radius 1 is 1.48 bits per heavy atom. The summed E-state index contributed by atoms with van der Waals surface area (Å²) in [5.41, 5.74) is 0.527. The van der Waals surface area contributed by atoms with Crippen LogP contribution in [-0.4, -0.2) is 29.8 Å². The van der Waals surface area contributed by atoms with E-state index >= 15 is 0 Å². The van der Waals surface area contributed by atoms with Crippen molar-refractivity contribution >= 4 is 5.97 Å². The Hall–Kier alpha value is -2.44. The quantitative estimate of drug-likeness (QED) is 0.789.